The molecule has 2 aromatic rings. The second-order valence-electron chi connectivity index (χ2n) is 3.92. The Kier molecular flexibility index (Phi) is 4.59. The number of rotatable bonds is 4. The molecule has 1 aromatic carbocycles. The van der Waals surface area contributed by atoms with Crippen LogP contribution in [0.3, 0.4) is 0 Å². The Hall–Kier alpha value is -0.650. The van der Waals surface area contributed by atoms with Gasteiger partial charge >= 0.3 is 0 Å². The fourth-order valence-electron chi connectivity index (χ4n) is 1.78. The molecule has 96 valence electrons. The maximum Gasteiger partial charge on any atom is 0.169 e. The Morgan fingerprint density at radius 1 is 1.28 bits per heavy atom. The van der Waals surface area contributed by atoms with Crippen molar-refractivity contribution in [3.8, 4) is 0 Å². The monoisotopic (exact) mass is 375 g/mol. The van der Waals surface area contributed by atoms with Crippen molar-refractivity contribution >= 4 is 31.9 Å². The van der Waals surface area contributed by atoms with E-state index >= 15 is 0 Å². The van der Waals surface area contributed by atoms with Gasteiger partial charge in [-0.25, -0.2) is 4.39 Å². The highest BCUT2D eigenvalue weighted by molar-refractivity contribution is 9.10. The third kappa shape index (κ3) is 3.22. The molecule has 0 radical (unpaired) electrons. The third-order valence-corrected chi connectivity index (χ3v) is 3.92. The van der Waals surface area contributed by atoms with E-state index in [1.807, 2.05) is 19.2 Å². The lowest BCUT2D eigenvalue weighted by atomic mass is 10.0. The molecule has 0 aliphatic rings. The van der Waals surface area contributed by atoms with Crippen molar-refractivity contribution in [3.63, 3.8) is 0 Å². The van der Waals surface area contributed by atoms with Gasteiger partial charge in [-0.3, -0.25) is 0 Å². The van der Waals surface area contributed by atoms with Gasteiger partial charge in [-0.1, -0.05) is 15.9 Å². The van der Waals surface area contributed by atoms with Crippen molar-refractivity contribution in [1.82, 2.24) is 5.32 Å². The van der Waals surface area contributed by atoms with Crippen LogP contribution in [0.15, 0.2) is 43.9 Å². The predicted molar refractivity (Wildman–Crippen MR) is 76.0 cm³/mol. The van der Waals surface area contributed by atoms with Crippen LogP contribution in [0, 0.1) is 5.82 Å². The van der Waals surface area contributed by atoms with Gasteiger partial charge in [0.15, 0.2) is 4.67 Å². The lowest BCUT2D eigenvalue weighted by Gasteiger charge is -2.14. The summed E-state index contributed by atoms with van der Waals surface area (Å²) in [6.07, 6.45) is 0.648. The minimum Gasteiger partial charge on any atom is -0.453 e. The first-order chi connectivity index (χ1) is 8.60. The first kappa shape index (κ1) is 13.8. The highest BCUT2D eigenvalue weighted by atomic mass is 79.9. The Labute approximate surface area is 122 Å². The fourth-order valence-corrected chi connectivity index (χ4v) is 2.51. The predicted octanol–water partition coefficient (Wildman–Crippen LogP) is 4.45. The Morgan fingerprint density at radius 3 is 2.67 bits per heavy atom. The van der Waals surface area contributed by atoms with Crippen LogP contribution in [-0.4, -0.2) is 7.05 Å². The van der Waals surface area contributed by atoms with Gasteiger partial charge in [0.2, 0.25) is 0 Å². The van der Waals surface area contributed by atoms with E-state index in [1.165, 1.54) is 12.1 Å². The molecule has 0 fully saturated rings. The summed E-state index contributed by atoms with van der Waals surface area (Å²) in [6.45, 7) is 0. The highest BCUT2D eigenvalue weighted by Gasteiger charge is 2.16. The molecule has 2 rings (SSSR count). The van der Waals surface area contributed by atoms with Gasteiger partial charge in [-0.05, 0) is 65.3 Å². The van der Waals surface area contributed by atoms with Gasteiger partial charge in [0.1, 0.15) is 11.6 Å². The van der Waals surface area contributed by atoms with Crippen molar-refractivity contribution < 1.29 is 8.81 Å². The number of hydrogen-bond acceptors (Lipinski definition) is 2. The standard InChI is InChI=1S/C13H12Br2FNO/c1-17-11(12-4-5-13(15)18-12)7-8-6-9(16)2-3-10(8)14/h2-6,11,17H,7H2,1H3. The van der Waals surface area contributed by atoms with Crippen LogP contribution in [0.25, 0.3) is 0 Å². The summed E-state index contributed by atoms with van der Waals surface area (Å²) in [5.74, 6) is 0.587. The van der Waals surface area contributed by atoms with E-state index in [0.717, 1.165) is 15.8 Å². The van der Waals surface area contributed by atoms with Crippen LogP contribution in [-0.2, 0) is 6.42 Å². The molecule has 5 heteroatoms. The smallest absolute Gasteiger partial charge is 0.169 e. The lowest BCUT2D eigenvalue weighted by Crippen LogP contribution is -2.18. The maximum absolute atomic E-state index is 13.2. The van der Waals surface area contributed by atoms with E-state index in [2.05, 4.69) is 37.2 Å². The zero-order chi connectivity index (χ0) is 13.1. The third-order valence-electron chi connectivity index (χ3n) is 2.72. The van der Waals surface area contributed by atoms with Crippen LogP contribution < -0.4 is 5.32 Å². The molecule has 1 N–H and O–H groups in total. The molecule has 0 aliphatic heterocycles. The zero-order valence-corrected chi connectivity index (χ0v) is 12.9. The number of halogens is 3. The van der Waals surface area contributed by atoms with Crippen molar-refractivity contribution in [2.24, 2.45) is 0 Å². The lowest BCUT2D eigenvalue weighted by molar-refractivity contribution is 0.416. The molecule has 1 atom stereocenters. The van der Waals surface area contributed by atoms with Gasteiger partial charge in [0.05, 0.1) is 6.04 Å². The van der Waals surface area contributed by atoms with Crippen molar-refractivity contribution in [2.45, 2.75) is 12.5 Å². The van der Waals surface area contributed by atoms with Gasteiger partial charge in [-0.2, -0.15) is 0 Å². The molecule has 0 spiro atoms. The maximum atomic E-state index is 13.2. The summed E-state index contributed by atoms with van der Waals surface area (Å²) in [5.41, 5.74) is 0.905. The van der Waals surface area contributed by atoms with E-state index in [4.69, 9.17) is 4.42 Å². The summed E-state index contributed by atoms with van der Waals surface area (Å²) >= 11 is 6.71. The van der Waals surface area contributed by atoms with E-state index in [-0.39, 0.29) is 11.9 Å². The first-order valence-electron chi connectivity index (χ1n) is 5.46. The van der Waals surface area contributed by atoms with Crippen LogP contribution in [0.5, 0.6) is 0 Å². The second-order valence-corrected chi connectivity index (χ2v) is 5.56. The number of hydrogen-bond donors (Lipinski definition) is 1. The van der Waals surface area contributed by atoms with Crippen molar-refractivity contribution in [1.29, 1.82) is 0 Å². The minimum absolute atomic E-state index is 0.00870. The molecular weight excluding hydrogens is 365 g/mol. The number of furan rings is 1. The highest BCUT2D eigenvalue weighted by Crippen LogP contribution is 2.26. The van der Waals surface area contributed by atoms with Crippen LogP contribution >= 0.6 is 31.9 Å². The number of benzene rings is 1. The average molecular weight is 377 g/mol. The topological polar surface area (TPSA) is 25.2 Å². The van der Waals surface area contributed by atoms with E-state index < -0.39 is 0 Å². The molecular formula is C13H12Br2FNO. The second kappa shape index (κ2) is 5.99. The normalized spacial score (nSPS) is 12.7. The zero-order valence-electron chi connectivity index (χ0n) is 9.71. The molecule has 0 aliphatic carbocycles. The van der Waals surface area contributed by atoms with Crippen LogP contribution in [0.1, 0.15) is 17.4 Å². The van der Waals surface area contributed by atoms with Crippen molar-refractivity contribution in [3.05, 3.63) is 56.6 Å². The van der Waals surface area contributed by atoms with Crippen LogP contribution in [0.2, 0.25) is 0 Å². The summed E-state index contributed by atoms with van der Waals surface area (Å²) in [4.78, 5) is 0. The molecule has 0 saturated carbocycles. The summed E-state index contributed by atoms with van der Waals surface area (Å²) < 4.78 is 20.3. The average Bonchev–Trinajstić information content (AvgIpc) is 2.77. The van der Waals surface area contributed by atoms with Gasteiger partial charge < -0.3 is 9.73 Å². The summed E-state index contributed by atoms with van der Waals surface area (Å²) in [5, 5.41) is 3.17. The molecule has 1 aromatic heterocycles. The Balaban J connectivity index is 2.22. The quantitative estimate of drug-likeness (QED) is 0.852. The first-order valence-corrected chi connectivity index (χ1v) is 7.05. The van der Waals surface area contributed by atoms with E-state index in [9.17, 15) is 4.39 Å². The summed E-state index contributed by atoms with van der Waals surface area (Å²) in [6, 6.07) is 8.45. The van der Waals surface area contributed by atoms with Crippen molar-refractivity contribution in [2.75, 3.05) is 7.05 Å². The van der Waals surface area contributed by atoms with Gasteiger partial charge in [-0.15, -0.1) is 0 Å². The van der Waals surface area contributed by atoms with E-state index in [1.54, 1.807) is 6.07 Å². The molecule has 0 saturated heterocycles. The molecule has 0 amide bonds. The molecule has 0 bridgehead atoms. The number of likely N-dealkylation sites (N-methyl/N-ethyl adjacent to an activating group) is 1. The van der Waals surface area contributed by atoms with Gasteiger partial charge in [0.25, 0.3) is 0 Å². The molecule has 2 nitrogen and oxygen atoms in total. The van der Waals surface area contributed by atoms with Crippen LogP contribution in [0.4, 0.5) is 4.39 Å². The van der Waals surface area contributed by atoms with Gasteiger partial charge in [0, 0.05) is 4.47 Å². The summed E-state index contributed by atoms with van der Waals surface area (Å²) in [7, 11) is 1.86. The molecule has 1 heterocycles. The number of nitrogens with one attached hydrogen (secondary N) is 1. The minimum atomic E-state index is -0.233. The Morgan fingerprint density at radius 2 is 2.06 bits per heavy atom. The SMILES string of the molecule is CNC(Cc1cc(F)ccc1Br)c1ccc(Br)o1. The Bertz CT molecular complexity index is 542. The van der Waals surface area contributed by atoms with E-state index in [0.29, 0.717) is 11.1 Å². The molecule has 1 unspecified atom stereocenters. The molecule has 18 heavy (non-hydrogen) atoms. The fraction of sp³-hybridized carbons (Fsp3) is 0.231. The largest absolute Gasteiger partial charge is 0.453 e.